The van der Waals surface area contributed by atoms with Crippen LogP contribution >= 0.6 is 0 Å². The molecule has 7 heteroatoms. The van der Waals surface area contributed by atoms with Gasteiger partial charge in [-0.05, 0) is 94.1 Å². The number of piperidine rings is 1. The molecule has 7 nitrogen and oxygen atoms in total. The molecule has 1 aromatic rings. The SMILES string of the molecule is Cc1ccc(OC(=O)CCC(C)N)c(N=O)c1C12CCCC[C@@]1(O)C(C)N(CC1CC1)CC2. The minimum atomic E-state index is -0.958. The molecule has 0 radical (unpaired) electrons. The van der Waals surface area contributed by atoms with E-state index in [1.165, 1.54) is 12.8 Å². The van der Waals surface area contributed by atoms with Crippen molar-refractivity contribution >= 4 is 11.7 Å². The summed E-state index contributed by atoms with van der Waals surface area (Å²) >= 11 is 0. The van der Waals surface area contributed by atoms with Crippen LogP contribution in [-0.4, -0.2) is 46.7 Å². The fourth-order valence-corrected chi connectivity index (χ4v) is 6.37. The van der Waals surface area contributed by atoms with Crippen molar-refractivity contribution in [2.24, 2.45) is 16.8 Å². The number of carbonyl (C=O) groups is 1. The van der Waals surface area contributed by atoms with Crippen molar-refractivity contribution in [3.05, 3.63) is 28.2 Å². The van der Waals surface area contributed by atoms with Crippen LogP contribution in [0.3, 0.4) is 0 Å². The van der Waals surface area contributed by atoms with E-state index in [-0.39, 0.29) is 29.9 Å². The first-order valence-electron chi connectivity index (χ1n) is 12.6. The van der Waals surface area contributed by atoms with E-state index in [9.17, 15) is 14.8 Å². The van der Waals surface area contributed by atoms with E-state index in [4.69, 9.17) is 10.5 Å². The molecule has 2 aliphatic carbocycles. The van der Waals surface area contributed by atoms with Crippen LogP contribution in [0.4, 0.5) is 5.69 Å². The Kier molecular flexibility index (Phi) is 6.95. The maximum atomic E-state index is 12.4. The summed E-state index contributed by atoms with van der Waals surface area (Å²) in [5.74, 6) is 0.520. The third kappa shape index (κ3) is 4.47. The van der Waals surface area contributed by atoms with Crippen molar-refractivity contribution in [3.8, 4) is 5.75 Å². The van der Waals surface area contributed by atoms with Crippen LogP contribution in [0.5, 0.6) is 5.75 Å². The smallest absolute Gasteiger partial charge is 0.311 e. The summed E-state index contributed by atoms with van der Waals surface area (Å²) in [5.41, 5.74) is 6.10. The predicted octanol–water partition coefficient (Wildman–Crippen LogP) is 4.47. The van der Waals surface area contributed by atoms with Crippen LogP contribution in [0.15, 0.2) is 17.3 Å². The number of nitrogens with zero attached hydrogens (tertiary/aromatic N) is 2. The van der Waals surface area contributed by atoms with Gasteiger partial charge in [-0.2, -0.15) is 0 Å². The first kappa shape index (κ1) is 24.3. The lowest BCUT2D eigenvalue weighted by atomic mass is 9.53. The molecule has 3 aliphatic rings. The maximum absolute atomic E-state index is 12.4. The lowest BCUT2D eigenvalue weighted by Gasteiger charge is -2.60. The van der Waals surface area contributed by atoms with Gasteiger partial charge in [0.1, 0.15) is 0 Å². The number of hydrogen-bond donors (Lipinski definition) is 2. The van der Waals surface area contributed by atoms with Crippen LogP contribution in [0, 0.1) is 17.7 Å². The molecule has 182 valence electrons. The monoisotopic (exact) mass is 457 g/mol. The van der Waals surface area contributed by atoms with E-state index in [2.05, 4.69) is 17.0 Å². The van der Waals surface area contributed by atoms with Gasteiger partial charge in [0.2, 0.25) is 0 Å². The lowest BCUT2D eigenvalue weighted by Crippen LogP contribution is -2.69. The Morgan fingerprint density at radius 2 is 2.03 bits per heavy atom. The Hall–Kier alpha value is -1.83. The van der Waals surface area contributed by atoms with Crippen molar-refractivity contribution in [1.82, 2.24) is 4.90 Å². The van der Waals surface area contributed by atoms with E-state index in [0.29, 0.717) is 12.8 Å². The molecule has 0 aromatic heterocycles. The van der Waals surface area contributed by atoms with E-state index in [1.54, 1.807) is 6.07 Å². The Morgan fingerprint density at radius 3 is 2.70 bits per heavy atom. The number of benzene rings is 1. The van der Waals surface area contributed by atoms with Crippen LogP contribution in [0.25, 0.3) is 0 Å². The molecule has 4 rings (SSSR count). The Morgan fingerprint density at radius 1 is 1.30 bits per heavy atom. The van der Waals surface area contributed by atoms with Crippen molar-refractivity contribution in [1.29, 1.82) is 0 Å². The second-order valence-corrected chi connectivity index (χ2v) is 10.8. The average molecular weight is 458 g/mol. The van der Waals surface area contributed by atoms with Crippen molar-refractivity contribution in [2.75, 3.05) is 13.1 Å². The summed E-state index contributed by atoms with van der Waals surface area (Å²) in [7, 11) is 0. The van der Waals surface area contributed by atoms with E-state index in [1.807, 2.05) is 19.9 Å². The summed E-state index contributed by atoms with van der Waals surface area (Å²) in [5, 5.41) is 15.7. The third-order valence-corrected chi connectivity index (χ3v) is 8.44. The Balaban J connectivity index is 1.72. The number of esters is 1. The van der Waals surface area contributed by atoms with Crippen LogP contribution < -0.4 is 10.5 Å². The second kappa shape index (κ2) is 9.43. The summed E-state index contributed by atoms with van der Waals surface area (Å²) in [4.78, 5) is 27.1. The quantitative estimate of drug-likeness (QED) is 0.339. The van der Waals surface area contributed by atoms with Crippen molar-refractivity contribution < 1.29 is 14.6 Å². The number of rotatable bonds is 8. The van der Waals surface area contributed by atoms with Gasteiger partial charge in [0.25, 0.3) is 0 Å². The molecule has 0 spiro atoms. The van der Waals surface area contributed by atoms with Gasteiger partial charge in [-0.1, -0.05) is 18.9 Å². The number of aliphatic hydroxyl groups is 1. The fourth-order valence-electron chi connectivity index (χ4n) is 6.37. The number of carbonyl (C=O) groups excluding carboxylic acids is 1. The molecule has 3 unspecified atom stereocenters. The second-order valence-electron chi connectivity index (χ2n) is 10.8. The molecule has 2 saturated carbocycles. The molecule has 3 fully saturated rings. The highest BCUT2D eigenvalue weighted by atomic mass is 16.5. The summed E-state index contributed by atoms with van der Waals surface area (Å²) in [6.07, 6.45) is 7.49. The number of nitrogens with two attached hydrogens (primary N) is 1. The van der Waals surface area contributed by atoms with E-state index in [0.717, 1.165) is 55.8 Å². The largest absolute Gasteiger partial charge is 0.424 e. The number of fused-ring (bicyclic) bond motifs is 1. The van der Waals surface area contributed by atoms with Gasteiger partial charge < -0.3 is 15.6 Å². The van der Waals surface area contributed by atoms with Gasteiger partial charge in [0, 0.05) is 30.5 Å². The molecule has 0 bridgehead atoms. The lowest BCUT2D eigenvalue weighted by molar-refractivity contribution is -0.154. The first-order chi connectivity index (χ1) is 15.7. The molecular weight excluding hydrogens is 418 g/mol. The van der Waals surface area contributed by atoms with E-state index < -0.39 is 17.0 Å². The number of hydrogen-bond acceptors (Lipinski definition) is 7. The number of ether oxygens (including phenoxy) is 1. The molecular formula is C26H39N3O4. The zero-order valence-electron chi connectivity index (χ0n) is 20.3. The standard InChI is InChI=1S/C26H39N3O4/c1-17-6-10-21(33-22(30)11-7-18(2)27)24(28-32)23(17)25-12-4-5-13-26(25,31)19(3)29(15-14-25)16-20-8-9-20/h6,10,18-20,31H,4-5,7-9,11-16,27H2,1-3H3/t18?,19?,25?,26-/m1/s1. The molecule has 1 saturated heterocycles. The van der Waals surface area contributed by atoms with Crippen molar-refractivity contribution in [3.63, 3.8) is 0 Å². The molecule has 1 aromatic carbocycles. The van der Waals surface area contributed by atoms with Gasteiger partial charge >= 0.3 is 5.97 Å². The predicted molar refractivity (Wildman–Crippen MR) is 129 cm³/mol. The maximum Gasteiger partial charge on any atom is 0.311 e. The van der Waals surface area contributed by atoms with Gasteiger partial charge in [-0.15, -0.1) is 4.91 Å². The fraction of sp³-hybridized carbons (Fsp3) is 0.731. The number of nitroso groups, excluding NO2 is 1. The Bertz CT molecular complexity index is 900. The van der Waals surface area contributed by atoms with Crippen LogP contribution in [-0.2, 0) is 10.2 Å². The molecule has 3 N–H and O–H groups in total. The number of likely N-dealkylation sites (tertiary alicyclic amines) is 1. The topological polar surface area (TPSA) is 105 Å². The first-order valence-corrected chi connectivity index (χ1v) is 12.6. The highest BCUT2D eigenvalue weighted by Crippen LogP contribution is 2.58. The minimum Gasteiger partial charge on any atom is -0.424 e. The normalized spacial score (nSPS) is 31.0. The van der Waals surface area contributed by atoms with Crippen LogP contribution in [0.1, 0.15) is 82.8 Å². The molecule has 4 atom stereocenters. The summed E-state index contributed by atoms with van der Waals surface area (Å²) in [6.45, 7) is 7.87. The highest BCUT2D eigenvalue weighted by Gasteiger charge is 2.60. The van der Waals surface area contributed by atoms with Crippen molar-refractivity contribution in [2.45, 2.75) is 102 Å². The summed E-state index contributed by atoms with van der Waals surface area (Å²) < 4.78 is 5.61. The van der Waals surface area contributed by atoms with E-state index >= 15 is 0 Å². The molecule has 1 heterocycles. The number of aryl methyl sites for hydroxylation is 1. The van der Waals surface area contributed by atoms with Gasteiger partial charge in [0.05, 0.1) is 5.60 Å². The van der Waals surface area contributed by atoms with Crippen LogP contribution in [0.2, 0.25) is 0 Å². The average Bonchev–Trinajstić information content (AvgIpc) is 3.60. The Labute approximate surface area is 197 Å². The minimum absolute atomic E-state index is 0.0108. The molecule has 0 amide bonds. The highest BCUT2D eigenvalue weighted by molar-refractivity contribution is 5.76. The zero-order valence-corrected chi connectivity index (χ0v) is 20.3. The third-order valence-electron chi connectivity index (χ3n) is 8.44. The van der Waals surface area contributed by atoms with Gasteiger partial charge in [-0.25, -0.2) is 0 Å². The summed E-state index contributed by atoms with van der Waals surface area (Å²) in [6, 6.07) is 3.43. The zero-order chi connectivity index (χ0) is 23.8. The van der Waals surface area contributed by atoms with Gasteiger partial charge in [-0.3, -0.25) is 9.69 Å². The molecule has 33 heavy (non-hydrogen) atoms. The van der Waals surface area contributed by atoms with Gasteiger partial charge in [0.15, 0.2) is 11.4 Å². The molecule has 1 aliphatic heterocycles.